The van der Waals surface area contributed by atoms with Gasteiger partial charge in [-0.2, -0.15) is 0 Å². The van der Waals surface area contributed by atoms with Crippen molar-refractivity contribution in [1.29, 1.82) is 0 Å². The molecule has 2 rings (SSSR count). The highest BCUT2D eigenvalue weighted by atomic mass is 14.9. The lowest BCUT2D eigenvalue weighted by Gasteiger charge is -2.17. The summed E-state index contributed by atoms with van der Waals surface area (Å²) in [7, 11) is 2.03. The summed E-state index contributed by atoms with van der Waals surface area (Å²) in [6, 6.07) is 18.1. The molecule has 0 aromatic heterocycles. The summed E-state index contributed by atoms with van der Waals surface area (Å²) in [5.41, 5.74) is 5.45. The van der Waals surface area contributed by atoms with Gasteiger partial charge < -0.3 is 5.32 Å². The van der Waals surface area contributed by atoms with Crippen molar-refractivity contribution in [2.75, 3.05) is 7.05 Å². The Labute approximate surface area is 116 Å². The third-order valence-corrected chi connectivity index (χ3v) is 3.70. The Bertz CT molecular complexity index is 496. The zero-order valence-electron chi connectivity index (χ0n) is 12.1. The predicted octanol–water partition coefficient (Wildman–Crippen LogP) is 4.06. The maximum Gasteiger partial charge on any atom is 0.0358 e. The second kappa shape index (κ2) is 6.53. The first-order valence-electron chi connectivity index (χ1n) is 7.04. The zero-order chi connectivity index (χ0) is 13.7. The van der Waals surface area contributed by atoms with Crippen molar-refractivity contribution < 1.29 is 0 Å². The molecule has 0 aliphatic heterocycles. The molecule has 0 saturated heterocycles. The molecule has 0 heterocycles. The maximum absolute atomic E-state index is 3.42. The third-order valence-electron chi connectivity index (χ3n) is 3.70. The average Bonchev–Trinajstić information content (AvgIpc) is 2.47. The minimum atomic E-state index is 0.383. The normalized spacial score (nSPS) is 12.4. The van der Waals surface area contributed by atoms with E-state index in [0.29, 0.717) is 6.04 Å². The van der Waals surface area contributed by atoms with E-state index < -0.39 is 0 Å². The van der Waals surface area contributed by atoms with Crippen LogP contribution in [0.5, 0.6) is 0 Å². The van der Waals surface area contributed by atoms with Gasteiger partial charge >= 0.3 is 0 Å². The van der Waals surface area contributed by atoms with Gasteiger partial charge in [-0.1, -0.05) is 61.0 Å². The van der Waals surface area contributed by atoms with Gasteiger partial charge in [0.15, 0.2) is 0 Å². The summed E-state index contributed by atoms with van der Waals surface area (Å²) in [4.78, 5) is 0. The summed E-state index contributed by atoms with van der Waals surface area (Å²) in [6.45, 7) is 4.32. The topological polar surface area (TPSA) is 12.0 Å². The molecular weight excluding hydrogens is 230 g/mol. The van der Waals surface area contributed by atoms with Crippen molar-refractivity contribution in [3.63, 3.8) is 0 Å². The van der Waals surface area contributed by atoms with E-state index in [-0.39, 0.29) is 0 Å². The lowest BCUT2D eigenvalue weighted by atomic mass is 9.97. The van der Waals surface area contributed by atoms with Crippen LogP contribution in [0.1, 0.15) is 35.2 Å². The Morgan fingerprint density at radius 2 is 1.47 bits per heavy atom. The van der Waals surface area contributed by atoms with Crippen molar-refractivity contribution >= 4 is 0 Å². The third kappa shape index (κ3) is 3.68. The molecule has 0 aliphatic rings. The van der Waals surface area contributed by atoms with Crippen LogP contribution in [-0.2, 0) is 12.8 Å². The van der Waals surface area contributed by atoms with E-state index in [2.05, 4.69) is 67.7 Å². The lowest BCUT2D eigenvalue weighted by Crippen LogP contribution is -2.18. The molecule has 19 heavy (non-hydrogen) atoms. The molecule has 0 amide bonds. The fourth-order valence-electron chi connectivity index (χ4n) is 2.33. The molecular formula is C18H23N. The van der Waals surface area contributed by atoms with Crippen molar-refractivity contribution in [3.8, 4) is 0 Å². The van der Waals surface area contributed by atoms with Gasteiger partial charge in [0.05, 0.1) is 0 Å². The van der Waals surface area contributed by atoms with Crippen molar-refractivity contribution in [3.05, 3.63) is 70.8 Å². The van der Waals surface area contributed by atoms with Gasteiger partial charge in [0.2, 0.25) is 0 Å². The highest BCUT2D eigenvalue weighted by molar-refractivity contribution is 5.28. The molecule has 0 bridgehead atoms. The standard InChI is InChI=1S/C18H23N/c1-4-15-9-11-17(12-10-15)18(19-3)13-16-7-5-14(2)6-8-16/h5-12,18-19H,4,13H2,1-3H3. The van der Waals surface area contributed by atoms with Crippen LogP contribution in [0.4, 0.5) is 0 Å². The minimum Gasteiger partial charge on any atom is -0.313 e. The molecule has 2 aromatic rings. The average molecular weight is 253 g/mol. The Balaban J connectivity index is 2.12. The Morgan fingerprint density at radius 1 is 0.895 bits per heavy atom. The number of rotatable bonds is 5. The molecule has 1 atom stereocenters. The van der Waals surface area contributed by atoms with Crippen LogP contribution in [0.2, 0.25) is 0 Å². The summed E-state index contributed by atoms with van der Waals surface area (Å²) < 4.78 is 0. The maximum atomic E-state index is 3.42. The van der Waals surface area contributed by atoms with Gasteiger partial charge in [0, 0.05) is 6.04 Å². The highest BCUT2D eigenvalue weighted by Crippen LogP contribution is 2.19. The van der Waals surface area contributed by atoms with Gasteiger partial charge in [0.25, 0.3) is 0 Å². The van der Waals surface area contributed by atoms with E-state index in [4.69, 9.17) is 0 Å². The summed E-state index contributed by atoms with van der Waals surface area (Å²) >= 11 is 0. The van der Waals surface area contributed by atoms with E-state index >= 15 is 0 Å². The number of aryl methyl sites for hydroxylation is 2. The lowest BCUT2D eigenvalue weighted by molar-refractivity contribution is 0.592. The van der Waals surface area contributed by atoms with Crippen molar-refractivity contribution in [2.24, 2.45) is 0 Å². The SMILES string of the molecule is CCc1ccc(C(Cc2ccc(C)cc2)NC)cc1. The molecule has 0 fully saturated rings. The summed E-state index contributed by atoms with van der Waals surface area (Å²) in [6.07, 6.45) is 2.13. The Kier molecular flexibility index (Phi) is 4.75. The van der Waals surface area contributed by atoms with Crippen molar-refractivity contribution in [2.45, 2.75) is 32.7 Å². The van der Waals surface area contributed by atoms with Crippen LogP contribution in [0.15, 0.2) is 48.5 Å². The smallest absolute Gasteiger partial charge is 0.0358 e. The van der Waals surface area contributed by atoms with Gasteiger partial charge in [-0.05, 0) is 43.5 Å². The summed E-state index contributed by atoms with van der Waals surface area (Å²) in [5.74, 6) is 0. The number of hydrogen-bond acceptors (Lipinski definition) is 1. The molecule has 100 valence electrons. The predicted molar refractivity (Wildman–Crippen MR) is 82.5 cm³/mol. The van der Waals surface area contributed by atoms with E-state index in [9.17, 15) is 0 Å². The van der Waals surface area contributed by atoms with Gasteiger partial charge in [-0.25, -0.2) is 0 Å². The van der Waals surface area contributed by atoms with Crippen molar-refractivity contribution in [1.82, 2.24) is 5.32 Å². The number of hydrogen-bond donors (Lipinski definition) is 1. The first kappa shape index (κ1) is 13.8. The molecule has 1 N–H and O–H groups in total. The van der Waals surface area contributed by atoms with E-state index in [1.807, 2.05) is 7.05 Å². The second-order valence-electron chi connectivity index (χ2n) is 5.13. The number of benzene rings is 2. The van der Waals surface area contributed by atoms with Crippen LogP contribution in [0.3, 0.4) is 0 Å². The van der Waals surface area contributed by atoms with Gasteiger partial charge in [-0.15, -0.1) is 0 Å². The number of likely N-dealkylation sites (N-methyl/N-ethyl adjacent to an activating group) is 1. The molecule has 0 radical (unpaired) electrons. The fraction of sp³-hybridized carbons (Fsp3) is 0.333. The molecule has 0 spiro atoms. The molecule has 0 aliphatic carbocycles. The quantitative estimate of drug-likeness (QED) is 0.847. The molecule has 1 nitrogen and oxygen atoms in total. The van der Waals surface area contributed by atoms with Crippen LogP contribution in [-0.4, -0.2) is 7.05 Å². The molecule has 1 heteroatoms. The molecule has 1 unspecified atom stereocenters. The van der Waals surface area contributed by atoms with E-state index in [1.54, 1.807) is 0 Å². The van der Waals surface area contributed by atoms with Crippen LogP contribution in [0.25, 0.3) is 0 Å². The molecule has 0 saturated carbocycles. The zero-order valence-corrected chi connectivity index (χ0v) is 12.1. The van der Waals surface area contributed by atoms with Gasteiger partial charge in [0.1, 0.15) is 0 Å². The monoisotopic (exact) mass is 253 g/mol. The first-order valence-corrected chi connectivity index (χ1v) is 7.04. The Hall–Kier alpha value is -1.60. The fourth-order valence-corrected chi connectivity index (χ4v) is 2.33. The summed E-state index contributed by atoms with van der Waals surface area (Å²) in [5, 5.41) is 3.42. The second-order valence-corrected chi connectivity index (χ2v) is 5.13. The minimum absolute atomic E-state index is 0.383. The Morgan fingerprint density at radius 3 is 2.00 bits per heavy atom. The van der Waals surface area contributed by atoms with E-state index in [1.165, 1.54) is 22.3 Å². The number of nitrogens with one attached hydrogen (secondary N) is 1. The van der Waals surface area contributed by atoms with Gasteiger partial charge in [-0.3, -0.25) is 0 Å². The largest absolute Gasteiger partial charge is 0.313 e. The van der Waals surface area contributed by atoms with Crippen LogP contribution < -0.4 is 5.32 Å². The molecule has 2 aromatic carbocycles. The highest BCUT2D eigenvalue weighted by Gasteiger charge is 2.09. The first-order chi connectivity index (χ1) is 9.22. The van der Waals surface area contributed by atoms with Crippen LogP contribution >= 0.6 is 0 Å². The van der Waals surface area contributed by atoms with Crippen LogP contribution in [0, 0.1) is 6.92 Å². The van der Waals surface area contributed by atoms with E-state index in [0.717, 1.165) is 12.8 Å².